The summed E-state index contributed by atoms with van der Waals surface area (Å²) in [5.41, 5.74) is 0.461. The number of hydrogen-bond acceptors (Lipinski definition) is 4. The van der Waals surface area contributed by atoms with Crippen LogP contribution < -0.4 is 10.6 Å². The summed E-state index contributed by atoms with van der Waals surface area (Å²) in [7, 11) is 0. The summed E-state index contributed by atoms with van der Waals surface area (Å²) < 4.78 is 14.2. The SMILES string of the molecule is C=CC(=O)N1CCCC[C@@H](Nc2ncc3c(c2F)NC3=O)C1. The van der Waals surface area contributed by atoms with Crippen molar-refractivity contribution < 1.29 is 14.0 Å². The first kappa shape index (κ1) is 14.5. The molecule has 0 bridgehead atoms. The molecule has 2 aliphatic rings. The molecule has 1 aromatic rings. The average Bonchev–Trinajstić information content (AvgIpc) is 2.74. The first-order valence-corrected chi connectivity index (χ1v) is 7.28. The summed E-state index contributed by atoms with van der Waals surface area (Å²) in [6.45, 7) is 4.66. The molecule has 3 rings (SSSR count). The highest BCUT2D eigenvalue weighted by Gasteiger charge is 2.30. The molecule has 22 heavy (non-hydrogen) atoms. The lowest BCUT2D eigenvalue weighted by Gasteiger charge is -2.26. The number of carbonyl (C=O) groups is 2. The van der Waals surface area contributed by atoms with E-state index in [2.05, 4.69) is 22.2 Å². The number of amides is 2. The lowest BCUT2D eigenvalue weighted by molar-refractivity contribution is -0.126. The van der Waals surface area contributed by atoms with Gasteiger partial charge in [-0.2, -0.15) is 0 Å². The second-order valence-electron chi connectivity index (χ2n) is 5.49. The van der Waals surface area contributed by atoms with Crippen molar-refractivity contribution >= 4 is 23.3 Å². The van der Waals surface area contributed by atoms with Crippen molar-refractivity contribution in [2.75, 3.05) is 23.7 Å². The van der Waals surface area contributed by atoms with Crippen LogP contribution >= 0.6 is 0 Å². The molecule has 3 heterocycles. The Hall–Kier alpha value is -2.44. The number of halogens is 1. The van der Waals surface area contributed by atoms with E-state index in [1.807, 2.05) is 0 Å². The second kappa shape index (κ2) is 5.75. The molecule has 6 nitrogen and oxygen atoms in total. The van der Waals surface area contributed by atoms with Crippen molar-refractivity contribution in [1.82, 2.24) is 9.88 Å². The zero-order valence-corrected chi connectivity index (χ0v) is 12.1. The molecule has 0 saturated carbocycles. The van der Waals surface area contributed by atoms with E-state index in [0.717, 1.165) is 19.3 Å². The number of anilines is 2. The molecule has 0 spiro atoms. The molecule has 0 aliphatic carbocycles. The highest BCUT2D eigenvalue weighted by molar-refractivity contribution is 6.18. The predicted octanol–water partition coefficient (Wildman–Crippen LogP) is 1.77. The summed E-state index contributed by atoms with van der Waals surface area (Å²) in [5.74, 6) is -0.878. The van der Waals surface area contributed by atoms with Crippen LogP contribution in [0.1, 0.15) is 29.6 Å². The van der Waals surface area contributed by atoms with E-state index >= 15 is 0 Å². The summed E-state index contributed by atoms with van der Waals surface area (Å²) in [4.78, 5) is 28.6. The van der Waals surface area contributed by atoms with Gasteiger partial charge < -0.3 is 15.5 Å². The van der Waals surface area contributed by atoms with Gasteiger partial charge in [-0.15, -0.1) is 0 Å². The Morgan fingerprint density at radius 2 is 2.36 bits per heavy atom. The van der Waals surface area contributed by atoms with Gasteiger partial charge in [-0.3, -0.25) is 9.59 Å². The lowest BCUT2D eigenvalue weighted by Crippen LogP contribution is -2.39. The molecule has 1 aromatic heterocycles. The van der Waals surface area contributed by atoms with Crippen LogP contribution in [-0.2, 0) is 4.79 Å². The van der Waals surface area contributed by atoms with Gasteiger partial charge in [-0.1, -0.05) is 6.58 Å². The smallest absolute Gasteiger partial charge is 0.259 e. The van der Waals surface area contributed by atoms with Crippen LogP contribution in [0.15, 0.2) is 18.9 Å². The van der Waals surface area contributed by atoms with Crippen LogP contribution in [0.4, 0.5) is 15.9 Å². The number of carbonyl (C=O) groups excluding carboxylic acids is 2. The average molecular weight is 304 g/mol. The third-order valence-corrected chi connectivity index (χ3v) is 4.00. The standard InChI is InChI=1S/C15H17FN4O2/c1-2-11(21)20-6-4-3-5-9(8-20)18-14-12(16)13-10(7-17-14)15(22)19-13/h2,7,9H,1,3-6,8H2,(H,17,18)(H,19,22)/t9-/m1/s1. The maximum atomic E-state index is 14.2. The largest absolute Gasteiger partial charge is 0.363 e. The van der Waals surface area contributed by atoms with E-state index in [0.29, 0.717) is 13.1 Å². The van der Waals surface area contributed by atoms with Gasteiger partial charge in [0.2, 0.25) is 5.91 Å². The zero-order chi connectivity index (χ0) is 15.7. The van der Waals surface area contributed by atoms with Gasteiger partial charge in [0.25, 0.3) is 5.91 Å². The number of nitrogens with one attached hydrogen (secondary N) is 2. The number of hydrogen-bond donors (Lipinski definition) is 2. The summed E-state index contributed by atoms with van der Waals surface area (Å²) in [6.07, 6.45) is 5.34. The monoisotopic (exact) mass is 304 g/mol. The molecule has 0 aromatic carbocycles. The van der Waals surface area contributed by atoms with Gasteiger partial charge >= 0.3 is 0 Å². The fourth-order valence-electron chi connectivity index (χ4n) is 2.78. The van der Waals surface area contributed by atoms with Crippen LogP contribution in [0, 0.1) is 5.82 Å². The Balaban J connectivity index is 1.74. The van der Waals surface area contributed by atoms with Crippen molar-refractivity contribution in [3.8, 4) is 0 Å². The Labute approximate surface area is 127 Å². The molecule has 1 atom stereocenters. The Kier molecular flexibility index (Phi) is 3.79. The molecule has 0 unspecified atom stereocenters. The highest BCUT2D eigenvalue weighted by Crippen LogP contribution is 2.32. The number of fused-ring (bicyclic) bond motifs is 1. The van der Waals surface area contributed by atoms with Gasteiger partial charge in [-0.05, 0) is 25.3 Å². The number of likely N-dealkylation sites (tertiary alicyclic amines) is 1. The van der Waals surface area contributed by atoms with E-state index < -0.39 is 5.82 Å². The van der Waals surface area contributed by atoms with E-state index in [4.69, 9.17) is 0 Å². The van der Waals surface area contributed by atoms with Gasteiger partial charge in [0, 0.05) is 25.3 Å². The normalized spacial score (nSPS) is 20.3. The number of rotatable bonds is 3. The summed E-state index contributed by atoms with van der Waals surface area (Å²) >= 11 is 0. The van der Waals surface area contributed by atoms with Crippen molar-refractivity contribution in [1.29, 1.82) is 0 Å². The maximum Gasteiger partial charge on any atom is 0.259 e. The number of aromatic nitrogens is 1. The molecule has 2 N–H and O–H groups in total. The van der Waals surface area contributed by atoms with Crippen molar-refractivity contribution in [2.45, 2.75) is 25.3 Å². The molecule has 116 valence electrons. The maximum absolute atomic E-state index is 14.2. The van der Waals surface area contributed by atoms with Gasteiger partial charge in [0.15, 0.2) is 11.6 Å². The molecule has 2 amide bonds. The third kappa shape index (κ3) is 2.54. The fourth-order valence-corrected chi connectivity index (χ4v) is 2.78. The second-order valence-corrected chi connectivity index (χ2v) is 5.49. The van der Waals surface area contributed by atoms with E-state index in [-0.39, 0.29) is 34.9 Å². The van der Waals surface area contributed by atoms with Crippen LogP contribution in [0.25, 0.3) is 0 Å². The lowest BCUT2D eigenvalue weighted by atomic mass is 10.1. The molecule has 2 aliphatic heterocycles. The first-order chi connectivity index (χ1) is 10.6. The minimum absolute atomic E-state index is 0.0813. The van der Waals surface area contributed by atoms with Gasteiger partial charge in [0.1, 0.15) is 0 Å². The Morgan fingerprint density at radius 1 is 1.55 bits per heavy atom. The van der Waals surface area contributed by atoms with Crippen molar-refractivity contribution in [3.63, 3.8) is 0 Å². The number of nitrogens with zero attached hydrogens (tertiary/aromatic N) is 2. The topological polar surface area (TPSA) is 74.3 Å². The first-order valence-electron chi connectivity index (χ1n) is 7.28. The van der Waals surface area contributed by atoms with Crippen LogP contribution in [0.5, 0.6) is 0 Å². The van der Waals surface area contributed by atoms with Gasteiger partial charge in [0.05, 0.1) is 11.3 Å². The Bertz CT molecular complexity index is 647. The van der Waals surface area contributed by atoms with Crippen LogP contribution in [0.3, 0.4) is 0 Å². The molecule has 1 fully saturated rings. The van der Waals surface area contributed by atoms with Crippen LogP contribution in [-0.4, -0.2) is 40.8 Å². The van der Waals surface area contributed by atoms with E-state index in [1.54, 1.807) is 4.90 Å². The third-order valence-electron chi connectivity index (χ3n) is 4.00. The number of pyridine rings is 1. The molecular weight excluding hydrogens is 287 g/mol. The van der Waals surface area contributed by atoms with E-state index in [9.17, 15) is 14.0 Å². The summed E-state index contributed by atoms with van der Waals surface area (Å²) in [6, 6.07) is -0.0813. The summed E-state index contributed by atoms with van der Waals surface area (Å²) in [5, 5.41) is 5.46. The quantitative estimate of drug-likeness (QED) is 0.835. The molecule has 7 heteroatoms. The Morgan fingerprint density at radius 3 is 3.09 bits per heavy atom. The minimum Gasteiger partial charge on any atom is -0.363 e. The van der Waals surface area contributed by atoms with Gasteiger partial charge in [-0.25, -0.2) is 9.37 Å². The van der Waals surface area contributed by atoms with Crippen molar-refractivity contribution in [3.05, 3.63) is 30.2 Å². The molecule has 0 radical (unpaired) electrons. The predicted molar refractivity (Wildman–Crippen MR) is 80.2 cm³/mol. The highest BCUT2D eigenvalue weighted by atomic mass is 19.1. The molecule has 1 saturated heterocycles. The zero-order valence-electron chi connectivity index (χ0n) is 12.1. The minimum atomic E-state index is -0.553. The van der Waals surface area contributed by atoms with Crippen LogP contribution in [0.2, 0.25) is 0 Å². The van der Waals surface area contributed by atoms with Crippen molar-refractivity contribution in [2.24, 2.45) is 0 Å². The molecular formula is C15H17FN4O2. The van der Waals surface area contributed by atoms with E-state index in [1.165, 1.54) is 12.3 Å². The fraction of sp³-hybridized carbons (Fsp3) is 0.400.